The SMILES string of the molecule is CC(O)Cc1ccc(Oc2ccc(CC(C)O)cc2)cc1. The summed E-state index contributed by atoms with van der Waals surface area (Å²) in [5.41, 5.74) is 2.18. The normalized spacial score (nSPS) is 13.7. The van der Waals surface area contributed by atoms with E-state index in [1.54, 1.807) is 13.8 Å². The Kier molecular flexibility index (Phi) is 5.37. The van der Waals surface area contributed by atoms with Gasteiger partial charge in [-0.3, -0.25) is 0 Å². The van der Waals surface area contributed by atoms with Crippen LogP contribution in [0.1, 0.15) is 25.0 Å². The lowest BCUT2D eigenvalue weighted by atomic mass is 10.1. The molecular weight excluding hydrogens is 264 g/mol. The molecule has 0 aromatic heterocycles. The van der Waals surface area contributed by atoms with Crippen molar-refractivity contribution in [2.45, 2.75) is 38.9 Å². The fourth-order valence-corrected chi connectivity index (χ4v) is 2.21. The molecule has 0 saturated heterocycles. The van der Waals surface area contributed by atoms with Gasteiger partial charge in [0.05, 0.1) is 12.2 Å². The standard InChI is InChI=1S/C18H22O3/c1-13(19)11-15-3-7-17(8-4-15)21-18-9-5-16(6-10-18)12-14(2)20/h3-10,13-14,19-20H,11-12H2,1-2H3. The molecule has 2 N–H and O–H groups in total. The quantitative estimate of drug-likeness (QED) is 0.856. The Balaban J connectivity index is 1.97. The highest BCUT2D eigenvalue weighted by Crippen LogP contribution is 2.22. The third-order valence-electron chi connectivity index (χ3n) is 3.14. The highest BCUT2D eigenvalue weighted by Gasteiger charge is 2.02. The maximum absolute atomic E-state index is 9.35. The predicted molar refractivity (Wildman–Crippen MR) is 83.7 cm³/mol. The van der Waals surface area contributed by atoms with E-state index in [9.17, 15) is 10.2 Å². The lowest BCUT2D eigenvalue weighted by molar-refractivity contribution is 0.195. The summed E-state index contributed by atoms with van der Waals surface area (Å²) in [4.78, 5) is 0. The summed E-state index contributed by atoms with van der Waals surface area (Å²) in [5.74, 6) is 1.54. The van der Waals surface area contributed by atoms with Crippen LogP contribution in [0.3, 0.4) is 0 Å². The Bertz CT molecular complexity index is 490. The zero-order valence-corrected chi connectivity index (χ0v) is 12.5. The molecule has 21 heavy (non-hydrogen) atoms. The third-order valence-corrected chi connectivity index (χ3v) is 3.14. The molecule has 0 aliphatic heterocycles. The number of rotatable bonds is 6. The second kappa shape index (κ2) is 7.25. The van der Waals surface area contributed by atoms with Gasteiger partial charge >= 0.3 is 0 Å². The molecule has 2 aromatic carbocycles. The van der Waals surface area contributed by atoms with E-state index in [1.165, 1.54) is 0 Å². The van der Waals surface area contributed by atoms with Gasteiger partial charge < -0.3 is 14.9 Å². The molecule has 3 nitrogen and oxygen atoms in total. The van der Waals surface area contributed by atoms with Crippen LogP contribution in [-0.2, 0) is 12.8 Å². The average molecular weight is 286 g/mol. The van der Waals surface area contributed by atoms with Crippen molar-refractivity contribution in [3.8, 4) is 11.5 Å². The zero-order valence-electron chi connectivity index (χ0n) is 12.5. The first kappa shape index (κ1) is 15.5. The van der Waals surface area contributed by atoms with E-state index >= 15 is 0 Å². The van der Waals surface area contributed by atoms with E-state index in [1.807, 2.05) is 48.5 Å². The number of hydrogen-bond acceptors (Lipinski definition) is 3. The summed E-state index contributed by atoms with van der Waals surface area (Å²) in [5, 5.41) is 18.7. The minimum absolute atomic E-state index is 0.335. The minimum Gasteiger partial charge on any atom is -0.457 e. The van der Waals surface area contributed by atoms with E-state index in [0.717, 1.165) is 22.6 Å². The average Bonchev–Trinajstić information content (AvgIpc) is 2.42. The lowest BCUT2D eigenvalue weighted by Gasteiger charge is -2.09. The van der Waals surface area contributed by atoms with Crippen LogP contribution in [-0.4, -0.2) is 22.4 Å². The van der Waals surface area contributed by atoms with Gasteiger partial charge in [0.2, 0.25) is 0 Å². The Hall–Kier alpha value is -1.84. The van der Waals surface area contributed by atoms with Crippen LogP contribution in [0.2, 0.25) is 0 Å². The molecule has 0 fully saturated rings. The fraction of sp³-hybridized carbons (Fsp3) is 0.333. The highest BCUT2D eigenvalue weighted by molar-refractivity contribution is 5.34. The van der Waals surface area contributed by atoms with Crippen LogP contribution in [0, 0.1) is 0 Å². The van der Waals surface area contributed by atoms with E-state index in [0.29, 0.717) is 12.8 Å². The summed E-state index contributed by atoms with van der Waals surface area (Å²) in [7, 11) is 0. The summed E-state index contributed by atoms with van der Waals surface area (Å²) in [6, 6.07) is 15.5. The van der Waals surface area contributed by atoms with Crippen molar-refractivity contribution in [2.75, 3.05) is 0 Å². The molecule has 0 bridgehead atoms. The van der Waals surface area contributed by atoms with Crippen molar-refractivity contribution in [3.63, 3.8) is 0 Å². The molecule has 0 radical (unpaired) electrons. The van der Waals surface area contributed by atoms with Crippen LogP contribution in [0.5, 0.6) is 11.5 Å². The van der Waals surface area contributed by atoms with Crippen molar-refractivity contribution in [2.24, 2.45) is 0 Å². The summed E-state index contributed by atoms with van der Waals surface area (Å²) >= 11 is 0. The van der Waals surface area contributed by atoms with Gasteiger partial charge in [-0.1, -0.05) is 24.3 Å². The van der Waals surface area contributed by atoms with Gasteiger partial charge in [-0.2, -0.15) is 0 Å². The van der Waals surface area contributed by atoms with Crippen molar-refractivity contribution in [1.82, 2.24) is 0 Å². The van der Waals surface area contributed by atoms with E-state index in [4.69, 9.17) is 4.74 Å². The van der Waals surface area contributed by atoms with E-state index in [-0.39, 0.29) is 12.2 Å². The summed E-state index contributed by atoms with van der Waals surface area (Å²) in [6.45, 7) is 3.55. The second-order valence-corrected chi connectivity index (χ2v) is 5.50. The van der Waals surface area contributed by atoms with Gasteiger partial charge in [-0.25, -0.2) is 0 Å². The largest absolute Gasteiger partial charge is 0.457 e. The Labute approximate surface area is 125 Å². The number of aliphatic hydroxyl groups is 2. The molecule has 2 atom stereocenters. The molecule has 0 saturated carbocycles. The van der Waals surface area contributed by atoms with Crippen LogP contribution >= 0.6 is 0 Å². The molecule has 0 aliphatic rings. The van der Waals surface area contributed by atoms with E-state index in [2.05, 4.69) is 0 Å². The van der Waals surface area contributed by atoms with Gasteiger partial charge in [0.1, 0.15) is 11.5 Å². The minimum atomic E-state index is -0.335. The lowest BCUT2D eigenvalue weighted by Crippen LogP contribution is -2.04. The van der Waals surface area contributed by atoms with Gasteiger partial charge in [0.25, 0.3) is 0 Å². The maximum Gasteiger partial charge on any atom is 0.127 e. The van der Waals surface area contributed by atoms with Gasteiger partial charge in [0.15, 0.2) is 0 Å². The molecule has 112 valence electrons. The first-order chi connectivity index (χ1) is 10.0. The fourth-order valence-electron chi connectivity index (χ4n) is 2.21. The zero-order chi connectivity index (χ0) is 15.2. The number of benzene rings is 2. The monoisotopic (exact) mass is 286 g/mol. The molecule has 2 aromatic rings. The maximum atomic E-state index is 9.35. The van der Waals surface area contributed by atoms with Crippen molar-refractivity contribution >= 4 is 0 Å². The van der Waals surface area contributed by atoms with E-state index < -0.39 is 0 Å². The Morgan fingerprint density at radius 1 is 0.714 bits per heavy atom. The van der Waals surface area contributed by atoms with Crippen molar-refractivity contribution in [3.05, 3.63) is 59.7 Å². The summed E-state index contributed by atoms with van der Waals surface area (Å²) in [6.07, 6.45) is 0.624. The topological polar surface area (TPSA) is 49.7 Å². The van der Waals surface area contributed by atoms with Crippen LogP contribution in [0.15, 0.2) is 48.5 Å². The van der Waals surface area contributed by atoms with Gasteiger partial charge in [0, 0.05) is 0 Å². The van der Waals surface area contributed by atoms with Crippen LogP contribution in [0.25, 0.3) is 0 Å². The Morgan fingerprint density at radius 2 is 1.05 bits per heavy atom. The molecule has 0 spiro atoms. The van der Waals surface area contributed by atoms with Crippen LogP contribution in [0.4, 0.5) is 0 Å². The molecule has 2 unspecified atom stereocenters. The number of aliphatic hydroxyl groups excluding tert-OH is 2. The third kappa shape index (κ3) is 5.21. The van der Waals surface area contributed by atoms with Crippen molar-refractivity contribution < 1.29 is 14.9 Å². The first-order valence-corrected chi connectivity index (χ1v) is 7.25. The van der Waals surface area contributed by atoms with Crippen molar-refractivity contribution in [1.29, 1.82) is 0 Å². The first-order valence-electron chi connectivity index (χ1n) is 7.25. The molecule has 3 heteroatoms. The molecule has 0 aliphatic carbocycles. The highest BCUT2D eigenvalue weighted by atomic mass is 16.5. The summed E-state index contributed by atoms with van der Waals surface area (Å²) < 4.78 is 5.77. The van der Waals surface area contributed by atoms with Gasteiger partial charge in [-0.15, -0.1) is 0 Å². The molecule has 0 heterocycles. The van der Waals surface area contributed by atoms with Gasteiger partial charge in [-0.05, 0) is 62.1 Å². The Morgan fingerprint density at radius 3 is 1.33 bits per heavy atom. The van der Waals surface area contributed by atoms with Crippen LogP contribution < -0.4 is 4.74 Å². The molecular formula is C18H22O3. The molecule has 2 rings (SSSR count). The smallest absolute Gasteiger partial charge is 0.127 e. The predicted octanol–water partition coefficient (Wildman–Crippen LogP) is 3.33. The number of ether oxygens (including phenoxy) is 1. The second-order valence-electron chi connectivity index (χ2n) is 5.50. The number of hydrogen-bond donors (Lipinski definition) is 2. The molecule has 0 amide bonds.